The van der Waals surface area contributed by atoms with Crippen molar-refractivity contribution in [1.29, 1.82) is 0 Å². The minimum absolute atomic E-state index is 0.0210. The summed E-state index contributed by atoms with van der Waals surface area (Å²) in [5.41, 5.74) is 0. The molecule has 1 heterocycles. The predicted molar refractivity (Wildman–Crippen MR) is 102 cm³/mol. The zero-order valence-electron chi connectivity index (χ0n) is 16.6. The summed E-state index contributed by atoms with van der Waals surface area (Å²) in [5.74, 6) is 1.23. The van der Waals surface area contributed by atoms with E-state index < -0.39 is 0 Å². The van der Waals surface area contributed by atoms with Crippen molar-refractivity contribution in [3.05, 3.63) is 0 Å². The first-order valence-corrected chi connectivity index (χ1v) is 11.0. The fraction of sp³-hybridized carbons (Fsp3) is 1.00. The van der Waals surface area contributed by atoms with Crippen LogP contribution in [0.1, 0.15) is 111 Å². The highest BCUT2D eigenvalue weighted by Gasteiger charge is 2.33. The summed E-state index contributed by atoms with van der Waals surface area (Å²) in [4.78, 5) is 0. The van der Waals surface area contributed by atoms with Crippen LogP contribution in [0.2, 0.25) is 0 Å². The molecule has 2 unspecified atom stereocenters. The van der Waals surface area contributed by atoms with Gasteiger partial charge in [-0.1, -0.05) is 84.5 Å². The van der Waals surface area contributed by atoms with E-state index in [-0.39, 0.29) is 6.29 Å². The van der Waals surface area contributed by atoms with E-state index in [9.17, 15) is 0 Å². The molecule has 142 valence electrons. The SMILES string of the molecule is CC1CC(C)[C@@H](C)[C@H](OC2CCCCCCCCCCCCC2)O1. The van der Waals surface area contributed by atoms with Crippen LogP contribution in [-0.2, 0) is 9.47 Å². The van der Waals surface area contributed by atoms with Gasteiger partial charge in [-0.25, -0.2) is 0 Å². The monoisotopic (exact) mass is 338 g/mol. The van der Waals surface area contributed by atoms with E-state index >= 15 is 0 Å². The first-order chi connectivity index (χ1) is 11.7. The average molecular weight is 339 g/mol. The van der Waals surface area contributed by atoms with Crippen molar-refractivity contribution in [2.24, 2.45) is 11.8 Å². The maximum atomic E-state index is 6.52. The van der Waals surface area contributed by atoms with E-state index in [4.69, 9.17) is 9.47 Å². The summed E-state index contributed by atoms with van der Waals surface area (Å²) >= 11 is 0. The van der Waals surface area contributed by atoms with Crippen LogP contribution in [0.3, 0.4) is 0 Å². The molecule has 2 aliphatic rings. The molecule has 2 nitrogen and oxygen atoms in total. The molecule has 0 bridgehead atoms. The van der Waals surface area contributed by atoms with Gasteiger partial charge in [0.15, 0.2) is 6.29 Å². The highest BCUT2D eigenvalue weighted by Crippen LogP contribution is 2.32. The Bertz CT molecular complexity index is 303. The molecular formula is C22H42O2. The van der Waals surface area contributed by atoms with Crippen LogP contribution >= 0.6 is 0 Å². The van der Waals surface area contributed by atoms with Gasteiger partial charge in [-0.3, -0.25) is 0 Å². The third-order valence-electron chi connectivity index (χ3n) is 6.28. The average Bonchev–Trinajstić information content (AvgIpc) is 2.55. The Hall–Kier alpha value is -0.0800. The zero-order chi connectivity index (χ0) is 17.2. The third kappa shape index (κ3) is 7.44. The maximum absolute atomic E-state index is 6.52. The lowest BCUT2D eigenvalue weighted by Gasteiger charge is -2.39. The van der Waals surface area contributed by atoms with E-state index in [1.807, 2.05) is 0 Å². The van der Waals surface area contributed by atoms with Crippen LogP contribution in [0.4, 0.5) is 0 Å². The third-order valence-corrected chi connectivity index (χ3v) is 6.28. The molecule has 0 amide bonds. The Morgan fingerprint density at radius 1 is 0.667 bits per heavy atom. The fourth-order valence-electron chi connectivity index (χ4n) is 4.38. The quantitative estimate of drug-likeness (QED) is 0.547. The molecule has 1 aliphatic heterocycles. The topological polar surface area (TPSA) is 18.5 Å². The second-order valence-corrected chi connectivity index (χ2v) is 8.61. The lowest BCUT2D eigenvalue weighted by Crippen LogP contribution is -2.41. The van der Waals surface area contributed by atoms with Crippen LogP contribution < -0.4 is 0 Å². The molecular weight excluding hydrogens is 296 g/mol. The summed E-state index contributed by atoms with van der Waals surface area (Å²) in [5, 5.41) is 0. The predicted octanol–water partition coefficient (Wildman–Crippen LogP) is 6.86. The van der Waals surface area contributed by atoms with Crippen LogP contribution in [0, 0.1) is 11.8 Å². The molecule has 0 N–H and O–H groups in total. The second kappa shape index (κ2) is 11.5. The van der Waals surface area contributed by atoms with E-state index in [0.717, 1.165) is 0 Å². The molecule has 0 aromatic heterocycles. The fourth-order valence-corrected chi connectivity index (χ4v) is 4.38. The molecule has 4 atom stereocenters. The molecule has 2 rings (SSSR count). The molecule has 1 saturated carbocycles. The van der Waals surface area contributed by atoms with E-state index in [1.165, 1.54) is 89.9 Å². The summed E-state index contributed by atoms with van der Waals surface area (Å²) in [6, 6.07) is 0. The minimum atomic E-state index is 0.0210. The van der Waals surface area contributed by atoms with Crippen LogP contribution in [0.5, 0.6) is 0 Å². The minimum Gasteiger partial charge on any atom is -0.349 e. The van der Waals surface area contributed by atoms with Crippen molar-refractivity contribution >= 4 is 0 Å². The van der Waals surface area contributed by atoms with Crippen molar-refractivity contribution in [3.63, 3.8) is 0 Å². The van der Waals surface area contributed by atoms with E-state index in [2.05, 4.69) is 20.8 Å². The number of hydrogen-bond acceptors (Lipinski definition) is 2. The molecule has 2 heteroatoms. The second-order valence-electron chi connectivity index (χ2n) is 8.61. The summed E-state index contributed by atoms with van der Waals surface area (Å²) < 4.78 is 12.7. The smallest absolute Gasteiger partial charge is 0.161 e. The lowest BCUT2D eigenvalue weighted by atomic mass is 9.87. The normalized spacial score (nSPS) is 36.1. The Labute approximate surface area is 151 Å². The first-order valence-electron chi connectivity index (χ1n) is 11.0. The number of hydrogen-bond donors (Lipinski definition) is 0. The Morgan fingerprint density at radius 3 is 1.62 bits per heavy atom. The summed E-state index contributed by atoms with van der Waals surface area (Å²) in [6.45, 7) is 6.87. The molecule has 1 saturated heterocycles. The molecule has 2 fully saturated rings. The van der Waals surface area contributed by atoms with Gasteiger partial charge in [0, 0.05) is 5.92 Å². The van der Waals surface area contributed by atoms with E-state index in [0.29, 0.717) is 24.0 Å². The van der Waals surface area contributed by atoms with Crippen LogP contribution in [-0.4, -0.2) is 18.5 Å². The highest BCUT2D eigenvalue weighted by molar-refractivity contribution is 4.76. The Kier molecular flexibility index (Phi) is 9.71. The first kappa shape index (κ1) is 20.2. The van der Waals surface area contributed by atoms with Gasteiger partial charge in [-0.05, 0) is 32.1 Å². The molecule has 0 aromatic carbocycles. The van der Waals surface area contributed by atoms with Gasteiger partial charge in [0.25, 0.3) is 0 Å². The molecule has 24 heavy (non-hydrogen) atoms. The van der Waals surface area contributed by atoms with Gasteiger partial charge in [-0.2, -0.15) is 0 Å². The van der Waals surface area contributed by atoms with Gasteiger partial charge >= 0.3 is 0 Å². The van der Waals surface area contributed by atoms with Crippen LogP contribution in [0.25, 0.3) is 0 Å². The number of rotatable bonds is 2. The number of ether oxygens (including phenoxy) is 2. The standard InChI is InChI=1S/C22H42O2/c1-18-17-19(2)23-22(20(18)3)24-21-15-13-11-9-7-5-4-6-8-10-12-14-16-21/h18-22H,4-17H2,1-3H3/t18?,19?,20-,22+/m1/s1. The van der Waals surface area contributed by atoms with Crippen molar-refractivity contribution in [2.45, 2.75) is 129 Å². The molecule has 1 aliphatic carbocycles. The summed E-state index contributed by atoms with van der Waals surface area (Å²) in [7, 11) is 0. The maximum Gasteiger partial charge on any atom is 0.161 e. The zero-order valence-corrected chi connectivity index (χ0v) is 16.6. The lowest BCUT2D eigenvalue weighted by molar-refractivity contribution is -0.247. The molecule has 0 radical (unpaired) electrons. The largest absolute Gasteiger partial charge is 0.349 e. The molecule has 0 spiro atoms. The van der Waals surface area contributed by atoms with Crippen molar-refractivity contribution in [2.75, 3.05) is 0 Å². The highest BCUT2D eigenvalue weighted by atomic mass is 16.7. The van der Waals surface area contributed by atoms with Gasteiger partial charge in [0.05, 0.1) is 12.2 Å². The van der Waals surface area contributed by atoms with Crippen molar-refractivity contribution in [3.8, 4) is 0 Å². The summed E-state index contributed by atoms with van der Waals surface area (Å²) in [6.07, 6.45) is 19.9. The van der Waals surface area contributed by atoms with E-state index in [1.54, 1.807) is 0 Å². The van der Waals surface area contributed by atoms with Gasteiger partial charge in [0.2, 0.25) is 0 Å². The van der Waals surface area contributed by atoms with Crippen molar-refractivity contribution < 1.29 is 9.47 Å². The van der Waals surface area contributed by atoms with Crippen molar-refractivity contribution in [1.82, 2.24) is 0 Å². The van der Waals surface area contributed by atoms with Gasteiger partial charge in [0.1, 0.15) is 0 Å². The molecule has 0 aromatic rings. The van der Waals surface area contributed by atoms with Gasteiger partial charge < -0.3 is 9.47 Å². The van der Waals surface area contributed by atoms with Gasteiger partial charge in [-0.15, -0.1) is 0 Å². The van der Waals surface area contributed by atoms with Crippen LogP contribution in [0.15, 0.2) is 0 Å². The Balaban J connectivity index is 1.81. The Morgan fingerprint density at radius 2 is 1.12 bits per heavy atom.